The number of nitrogens with one attached hydrogen (secondary N) is 1. The molecule has 5 heteroatoms. The smallest absolute Gasteiger partial charge is 0.220 e. The van der Waals surface area contributed by atoms with E-state index in [-0.39, 0.29) is 5.91 Å². The van der Waals surface area contributed by atoms with Crippen LogP contribution in [0.25, 0.3) is 11.5 Å². The Balaban J connectivity index is 1.49. The molecule has 0 bridgehead atoms. The van der Waals surface area contributed by atoms with Gasteiger partial charge in [-0.1, -0.05) is 18.0 Å². The lowest BCUT2D eigenvalue weighted by Crippen LogP contribution is -2.24. The first kappa shape index (κ1) is 13.0. The molecule has 0 radical (unpaired) electrons. The van der Waals surface area contributed by atoms with E-state index in [9.17, 15) is 4.79 Å². The van der Waals surface area contributed by atoms with Gasteiger partial charge in [0.05, 0.1) is 12.8 Å². The second kappa shape index (κ2) is 5.94. The van der Waals surface area contributed by atoms with Crippen molar-refractivity contribution in [1.29, 1.82) is 0 Å². The van der Waals surface area contributed by atoms with E-state index in [4.69, 9.17) is 8.94 Å². The second-order valence-corrected chi connectivity index (χ2v) is 5.29. The lowest BCUT2D eigenvalue weighted by atomic mass is 10.0. The third-order valence-corrected chi connectivity index (χ3v) is 3.74. The Labute approximate surface area is 117 Å². The number of furan rings is 1. The van der Waals surface area contributed by atoms with Crippen molar-refractivity contribution in [2.75, 3.05) is 0 Å². The Morgan fingerprint density at radius 2 is 2.20 bits per heavy atom. The minimum Gasteiger partial charge on any atom is -0.461 e. The molecule has 0 aliphatic heterocycles. The molecule has 5 nitrogen and oxygen atoms in total. The molecule has 2 aromatic heterocycles. The van der Waals surface area contributed by atoms with Crippen LogP contribution in [0, 0.1) is 5.92 Å². The summed E-state index contributed by atoms with van der Waals surface area (Å²) in [4.78, 5) is 11.8. The summed E-state index contributed by atoms with van der Waals surface area (Å²) < 4.78 is 10.4. The molecular formula is C15H18N2O3. The molecule has 0 spiro atoms. The molecule has 1 aliphatic rings. The van der Waals surface area contributed by atoms with E-state index in [1.807, 2.05) is 6.07 Å². The van der Waals surface area contributed by atoms with Crippen LogP contribution in [-0.2, 0) is 11.3 Å². The van der Waals surface area contributed by atoms with Crippen LogP contribution in [-0.4, -0.2) is 11.1 Å². The maximum atomic E-state index is 11.8. The zero-order valence-corrected chi connectivity index (χ0v) is 11.3. The Hall–Kier alpha value is -2.04. The molecule has 0 aromatic carbocycles. The maximum absolute atomic E-state index is 11.8. The summed E-state index contributed by atoms with van der Waals surface area (Å²) >= 11 is 0. The van der Waals surface area contributed by atoms with Gasteiger partial charge in [-0.3, -0.25) is 4.79 Å². The summed E-state index contributed by atoms with van der Waals surface area (Å²) in [5.74, 6) is 1.88. The predicted molar refractivity (Wildman–Crippen MR) is 72.6 cm³/mol. The average Bonchev–Trinajstić information content (AvgIpc) is 3.18. The van der Waals surface area contributed by atoms with E-state index < -0.39 is 0 Å². The van der Waals surface area contributed by atoms with Crippen molar-refractivity contribution in [2.45, 2.75) is 38.6 Å². The first-order valence-corrected chi connectivity index (χ1v) is 7.07. The van der Waals surface area contributed by atoms with Crippen molar-refractivity contribution in [3.8, 4) is 11.5 Å². The fourth-order valence-corrected chi connectivity index (χ4v) is 2.67. The second-order valence-electron chi connectivity index (χ2n) is 5.29. The van der Waals surface area contributed by atoms with Gasteiger partial charge in [-0.05, 0) is 30.9 Å². The summed E-state index contributed by atoms with van der Waals surface area (Å²) in [6.07, 6.45) is 7.09. The van der Waals surface area contributed by atoms with E-state index in [1.54, 1.807) is 18.4 Å². The number of carbonyl (C=O) groups is 1. The van der Waals surface area contributed by atoms with E-state index in [0.717, 1.165) is 0 Å². The van der Waals surface area contributed by atoms with Gasteiger partial charge in [0, 0.05) is 12.5 Å². The van der Waals surface area contributed by atoms with Crippen LogP contribution in [0.15, 0.2) is 33.4 Å². The fourth-order valence-electron chi connectivity index (χ4n) is 2.67. The quantitative estimate of drug-likeness (QED) is 0.909. The van der Waals surface area contributed by atoms with Crippen LogP contribution in [0.3, 0.4) is 0 Å². The van der Waals surface area contributed by atoms with Gasteiger partial charge in [-0.2, -0.15) is 0 Å². The highest BCUT2D eigenvalue weighted by atomic mass is 16.5. The van der Waals surface area contributed by atoms with Crippen LogP contribution < -0.4 is 5.32 Å². The van der Waals surface area contributed by atoms with Crippen LogP contribution in [0.2, 0.25) is 0 Å². The number of hydrogen-bond donors (Lipinski definition) is 1. The van der Waals surface area contributed by atoms with Crippen LogP contribution in [0.1, 0.15) is 37.8 Å². The highest BCUT2D eigenvalue weighted by Crippen LogP contribution is 2.27. The van der Waals surface area contributed by atoms with E-state index in [2.05, 4.69) is 10.5 Å². The fraction of sp³-hybridized carbons (Fsp3) is 0.467. The van der Waals surface area contributed by atoms with E-state index >= 15 is 0 Å². The van der Waals surface area contributed by atoms with Crippen LogP contribution >= 0.6 is 0 Å². The highest BCUT2D eigenvalue weighted by Gasteiger charge is 2.18. The molecule has 2 heterocycles. The summed E-state index contributed by atoms with van der Waals surface area (Å²) in [7, 11) is 0. The van der Waals surface area contributed by atoms with Gasteiger partial charge in [0.2, 0.25) is 11.7 Å². The maximum Gasteiger partial charge on any atom is 0.220 e. The molecule has 3 rings (SSSR count). The minimum atomic E-state index is 0.0967. The Bertz CT molecular complexity index is 553. The Kier molecular flexibility index (Phi) is 3.85. The van der Waals surface area contributed by atoms with Crippen molar-refractivity contribution in [3.05, 3.63) is 30.2 Å². The number of carbonyl (C=O) groups excluding carboxylic acids is 1. The largest absolute Gasteiger partial charge is 0.461 e. The summed E-state index contributed by atoms with van der Waals surface area (Å²) in [6.45, 7) is 0.399. The lowest BCUT2D eigenvalue weighted by molar-refractivity contribution is -0.122. The molecule has 0 unspecified atom stereocenters. The first-order chi connectivity index (χ1) is 9.81. The van der Waals surface area contributed by atoms with Gasteiger partial charge in [-0.25, -0.2) is 0 Å². The number of amides is 1. The third-order valence-electron chi connectivity index (χ3n) is 3.74. The van der Waals surface area contributed by atoms with Gasteiger partial charge in [-0.15, -0.1) is 0 Å². The van der Waals surface area contributed by atoms with Crippen molar-refractivity contribution < 1.29 is 13.7 Å². The van der Waals surface area contributed by atoms with Crippen molar-refractivity contribution in [2.24, 2.45) is 5.92 Å². The zero-order chi connectivity index (χ0) is 13.8. The number of nitrogens with zero attached hydrogens (tertiary/aromatic N) is 1. The van der Waals surface area contributed by atoms with Gasteiger partial charge >= 0.3 is 0 Å². The summed E-state index contributed by atoms with van der Waals surface area (Å²) in [5, 5.41) is 6.82. The molecule has 0 atom stereocenters. The van der Waals surface area contributed by atoms with Gasteiger partial charge in [0.1, 0.15) is 5.69 Å². The SMILES string of the molecule is O=C(CC1CCCC1)NCc1cc(-c2ccco2)on1. The van der Waals surface area contributed by atoms with Crippen molar-refractivity contribution >= 4 is 5.91 Å². The van der Waals surface area contributed by atoms with Crippen molar-refractivity contribution in [1.82, 2.24) is 10.5 Å². The molecule has 20 heavy (non-hydrogen) atoms. The molecule has 1 amide bonds. The molecule has 2 aromatic rings. The standard InChI is InChI=1S/C15H18N2O3/c18-15(8-11-4-1-2-5-11)16-10-12-9-14(20-17-12)13-6-3-7-19-13/h3,6-7,9,11H,1-2,4-5,8,10H2,(H,16,18). The Morgan fingerprint density at radius 3 is 2.95 bits per heavy atom. The minimum absolute atomic E-state index is 0.0967. The lowest BCUT2D eigenvalue weighted by Gasteiger charge is -2.08. The molecule has 1 N–H and O–H groups in total. The molecule has 1 saturated carbocycles. The molecule has 1 fully saturated rings. The predicted octanol–water partition coefficient (Wildman–Crippen LogP) is 3.13. The zero-order valence-electron chi connectivity index (χ0n) is 11.3. The number of hydrogen-bond acceptors (Lipinski definition) is 4. The monoisotopic (exact) mass is 274 g/mol. The van der Waals surface area contributed by atoms with Crippen LogP contribution in [0.5, 0.6) is 0 Å². The first-order valence-electron chi connectivity index (χ1n) is 7.07. The van der Waals surface area contributed by atoms with E-state index in [0.29, 0.717) is 36.1 Å². The summed E-state index contributed by atoms with van der Waals surface area (Å²) in [5.41, 5.74) is 0.705. The average molecular weight is 274 g/mol. The van der Waals surface area contributed by atoms with Gasteiger partial charge in [0.15, 0.2) is 5.76 Å². The van der Waals surface area contributed by atoms with Gasteiger partial charge < -0.3 is 14.3 Å². The van der Waals surface area contributed by atoms with Gasteiger partial charge in [0.25, 0.3) is 0 Å². The number of aromatic nitrogens is 1. The molecular weight excluding hydrogens is 256 g/mol. The van der Waals surface area contributed by atoms with Crippen LogP contribution in [0.4, 0.5) is 0 Å². The normalized spacial score (nSPS) is 15.6. The topological polar surface area (TPSA) is 68.3 Å². The molecule has 1 aliphatic carbocycles. The summed E-state index contributed by atoms with van der Waals surface area (Å²) in [6, 6.07) is 5.39. The molecule has 106 valence electrons. The van der Waals surface area contributed by atoms with Crippen molar-refractivity contribution in [3.63, 3.8) is 0 Å². The number of rotatable bonds is 5. The van der Waals surface area contributed by atoms with E-state index in [1.165, 1.54) is 25.7 Å². The third kappa shape index (κ3) is 3.10. The highest BCUT2D eigenvalue weighted by molar-refractivity contribution is 5.76. The Morgan fingerprint density at radius 1 is 1.35 bits per heavy atom. The molecule has 0 saturated heterocycles.